The molecule has 0 N–H and O–H groups in total. The van der Waals surface area contributed by atoms with Gasteiger partial charge in [0.15, 0.2) is 0 Å². The van der Waals surface area contributed by atoms with Crippen LogP contribution in [0, 0.1) is 23.5 Å². The minimum absolute atomic E-state index is 0.397. The molecule has 3 aromatic carbocycles. The van der Waals surface area contributed by atoms with Crippen LogP contribution in [0.5, 0.6) is 0 Å². The maximum absolute atomic E-state index is 13.8. The lowest BCUT2D eigenvalue weighted by molar-refractivity contribution is 0.245. The van der Waals surface area contributed by atoms with Gasteiger partial charge in [0, 0.05) is 11.6 Å². The molecule has 0 aliphatic heterocycles. The van der Waals surface area contributed by atoms with E-state index in [0.717, 1.165) is 29.9 Å². The first kappa shape index (κ1) is 23.4. The van der Waals surface area contributed by atoms with E-state index < -0.39 is 11.6 Å². The van der Waals surface area contributed by atoms with E-state index in [0.29, 0.717) is 11.5 Å². The van der Waals surface area contributed by atoms with Gasteiger partial charge in [0.2, 0.25) is 0 Å². The molecule has 2 heteroatoms. The maximum Gasteiger partial charge on any atom is 0.133 e. The SMILES string of the molecule is CC(CC1CCC(CCc2ccc(/C=C/c3ccc(F)cc3F)cc2)CC1)c1ccccc1. The van der Waals surface area contributed by atoms with Gasteiger partial charge in [0.1, 0.15) is 11.6 Å². The first-order valence-corrected chi connectivity index (χ1v) is 12.3. The summed E-state index contributed by atoms with van der Waals surface area (Å²) in [6, 6.07) is 23.1. The topological polar surface area (TPSA) is 0 Å². The average molecular weight is 445 g/mol. The van der Waals surface area contributed by atoms with E-state index in [9.17, 15) is 8.78 Å². The standard InChI is InChI=1S/C31H34F2/c1-23(28-5-3-2-4-6-28)21-27-15-13-25(14-16-27)8-7-24-9-11-26(12-10-24)17-18-29-19-20-30(32)22-31(29)33/h2-6,9-12,17-20,22-23,25,27H,7-8,13-16,21H2,1H3/b18-17+. The highest BCUT2D eigenvalue weighted by Crippen LogP contribution is 2.37. The number of hydrogen-bond acceptors (Lipinski definition) is 0. The molecule has 0 bridgehead atoms. The highest BCUT2D eigenvalue weighted by Gasteiger charge is 2.23. The van der Waals surface area contributed by atoms with Gasteiger partial charge in [-0.2, -0.15) is 0 Å². The first-order valence-electron chi connectivity index (χ1n) is 12.3. The summed E-state index contributed by atoms with van der Waals surface area (Å²) in [5.41, 5.74) is 4.26. The van der Waals surface area contributed by atoms with Crippen LogP contribution in [0.15, 0.2) is 72.8 Å². The van der Waals surface area contributed by atoms with Crippen LogP contribution < -0.4 is 0 Å². The molecule has 0 saturated heterocycles. The molecule has 0 heterocycles. The summed E-state index contributed by atoms with van der Waals surface area (Å²) in [5.74, 6) is 1.28. The Bertz CT molecular complexity index is 1030. The molecule has 0 nitrogen and oxygen atoms in total. The molecule has 0 aromatic heterocycles. The Labute approximate surface area is 197 Å². The molecule has 1 aliphatic carbocycles. The Hall–Kier alpha value is -2.74. The number of halogens is 2. The second-order valence-electron chi connectivity index (χ2n) is 9.71. The fourth-order valence-corrected chi connectivity index (χ4v) is 5.16. The third-order valence-electron chi connectivity index (χ3n) is 7.26. The third-order valence-corrected chi connectivity index (χ3v) is 7.26. The Morgan fingerprint density at radius 2 is 1.52 bits per heavy atom. The molecule has 0 radical (unpaired) electrons. The van der Waals surface area contributed by atoms with Crippen molar-refractivity contribution < 1.29 is 8.78 Å². The molecule has 1 saturated carbocycles. The quantitative estimate of drug-likeness (QED) is 0.304. The van der Waals surface area contributed by atoms with Crippen molar-refractivity contribution in [3.05, 3.63) is 107 Å². The van der Waals surface area contributed by atoms with Crippen LogP contribution in [0.3, 0.4) is 0 Å². The molecule has 1 atom stereocenters. The lowest BCUT2D eigenvalue weighted by atomic mass is 9.76. The van der Waals surface area contributed by atoms with Crippen molar-refractivity contribution in [2.75, 3.05) is 0 Å². The molecule has 1 fully saturated rings. The average Bonchev–Trinajstić information content (AvgIpc) is 2.84. The summed E-state index contributed by atoms with van der Waals surface area (Å²) in [5, 5.41) is 0. The summed E-state index contributed by atoms with van der Waals surface area (Å²) >= 11 is 0. The summed E-state index contributed by atoms with van der Waals surface area (Å²) < 4.78 is 26.8. The molecular weight excluding hydrogens is 410 g/mol. The van der Waals surface area contributed by atoms with Gasteiger partial charge in [-0.15, -0.1) is 0 Å². The molecule has 4 rings (SSSR count). The van der Waals surface area contributed by atoms with Crippen LogP contribution >= 0.6 is 0 Å². The van der Waals surface area contributed by atoms with E-state index in [1.54, 1.807) is 6.08 Å². The van der Waals surface area contributed by atoms with E-state index in [2.05, 4.69) is 61.5 Å². The second kappa shape index (κ2) is 11.4. The summed E-state index contributed by atoms with van der Waals surface area (Å²) in [6.07, 6.45) is 12.7. The highest BCUT2D eigenvalue weighted by molar-refractivity contribution is 5.69. The largest absolute Gasteiger partial charge is 0.207 e. The maximum atomic E-state index is 13.8. The fourth-order valence-electron chi connectivity index (χ4n) is 5.16. The van der Waals surface area contributed by atoms with Gasteiger partial charge in [0.05, 0.1) is 0 Å². The van der Waals surface area contributed by atoms with E-state index in [-0.39, 0.29) is 0 Å². The van der Waals surface area contributed by atoms with Gasteiger partial charge < -0.3 is 0 Å². The Morgan fingerprint density at radius 1 is 0.818 bits per heavy atom. The molecular formula is C31H34F2. The van der Waals surface area contributed by atoms with E-state index in [4.69, 9.17) is 0 Å². The monoisotopic (exact) mass is 444 g/mol. The van der Waals surface area contributed by atoms with Crippen molar-refractivity contribution in [3.8, 4) is 0 Å². The third kappa shape index (κ3) is 6.87. The van der Waals surface area contributed by atoms with Crippen molar-refractivity contribution in [1.29, 1.82) is 0 Å². The summed E-state index contributed by atoms with van der Waals surface area (Å²) in [4.78, 5) is 0. The summed E-state index contributed by atoms with van der Waals surface area (Å²) in [7, 11) is 0. The van der Waals surface area contributed by atoms with Crippen molar-refractivity contribution >= 4 is 12.2 Å². The minimum Gasteiger partial charge on any atom is -0.207 e. The molecule has 1 aliphatic rings. The van der Waals surface area contributed by atoms with Crippen LogP contribution in [0.25, 0.3) is 12.2 Å². The highest BCUT2D eigenvalue weighted by atomic mass is 19.1. The molecule has 3 aromatic rings. The van der Waals surface area contributed by atoms with E-state index >= 15 is 0 Å². The zero-order chi connectivity index (χ0) is 23.0. The predicted molar refractivity (Wildman–Crippen MR) is 135 cm³/mol. The zero-order valence-corrected chi connectivity index (χ0v) is 19.5. The van der Waals surface area contributed by atoms with Gasteiger partial charge >= 0.3 is 0 Å². The molecule has 33 heavy (non-hydrogen) atoms. The summed E-state index contributed by atoms with van der Waals surface area (Å²) in [6.45, 7) is 2.37. The van der Waals surface area contributed by atoms with Crippen molar-refractivity contribution in [2.24, 2.45) is 11.8 Å². The zero-order valence-electron chi connectivity index (χ0n) is 19.5. The van der Waals surface area contributed by atoms with Crippen molar-refractivity contribution in [3.63, 3.8) is 0 Å². The van der Waals surface area contributed by atoms with Crippen LogP contribution in [0.2, 0.25) is 0 Å². The lowest BCUT2D eigenvalue weighted by Crippen LogP contribution is -2.16. The Morgan fingerprint density at radius 3 is 2.21 bits per heavy atom. The normalized spacial score (nSPS) is 19.6. The molecule has 172 valence electrons. The molecule has 0 spiro atoms. The smallest absolute Gasteiger partial charge is 0.133 e. The number of hydrogen-bond donors (Lipinski definition) is 0. The fraction of sp³-hybridized carbons (Fsp3) is 0.355. The Kier molecular flexibility index (Phi) is 8.10. The Balaban J connectivity index is 1.20. The minimum atomic E-state index is -0.552. The van der Waals surface area contributed by atoms with Gasteiger partial charge in [-0.05, 0) is 65.8 Å². The second-order valence-corrected chi connectivity index (χ2v) is 9.71. The van der Waals surface area contributed by atoms with Crippen molar-refractivity contribution in [1.82, 2.24) is 0 Å². The molecule has 1 unspecified atom stereocenters. The van der Waals surface area contributed by atoms with E-state index in [1.165, 1.54) is 61.8 Å². The number of rotatable bonds is 8. The van der Waals surface area contributed by atoms with Gasteiger partial charge in [-0.1, -0.05) is 99.4 Å². The number of benzene rings is 3. The van der Waals surface area contributed by atoms with Crippen LogP contribution in [-0.2, 0) is 6.42 Å². The van der Waals surface area contributed by atoms with Gasteiger partial charge in [-0.3, -0.25) is 0 Å². The lowest BCUT2D eigenvalue weighted by Gasteiger charge is -2.30. The first-order chi connectivity index (χ1) is 16.1. The predicted octanol–water partition coefficient (Wildman–Crippen LogP) is 9.07. The van der Waals surface area contributed by atoms with Crippen LogP contribution in [0.4, 0.5) is 8.78 Å². The van der Waals surface area contributed by atoms with Crippen LogP contribution in [-0.4, -0.2) is 0 Å². The van der Waals surface area contributed by atoms with Crippen molar-refractivity contribution in [2.45, 2.75) is 57.8 Å². The van der Waals surface area contributed by atoms with E-state index in [1.807, 2.05) is 6.08 Å². The van der Waals surface area contributed by atoms with Gasteiger partial charge in [-0.25, -0.2) is 8.78 Å². The van der Waals surface area contributed by atoms with Gasteiger partial charge in [0.25, 0.3) is 0 Å². The molecule has 0 amide bonds. The number of aryl methyl sites for hydroxylation is 1. The van der Waals surface area contributed by atoms with Crippen LogP contribution in [0.1, 0.15) is 73.6 Å².